The molecule has 0 bridgehead atoms. The Kier molecular flexibility index (Phi) is 9.48. The van der Waals surface area contributed by atoms with Gasteiger partial charge >= 0.3 is 12.2 Å². The van der Waals surface area contributed by atoms with Crippen molar-refractivity contribution in [2.45, 2.75) is 57.6 Å². The minimum Gasteiger partial charge on any atom is -0.449 e. The summed E-state index contributed by atoms with van der Waals surface area (Å²) in [6.45, 7) is 7.15. The third-order valence-corrected chi connectivity index (χ3v) is 6.39. The van der Waals surface area contributed by atoms with Crippen LogP contribution in [-0.2, 0) is 9.47 Å². The van der Waals surface area contributed by atoms with Crippen LogP contribution in [-0.4, -0.2) is 64.7 Å². The molecule has 1 heterocycles. The summed E-state index contributed by atoms with van der Waals surface area (Å²) in [6.07, 6.45) is 1.45. The van der Waals surface area contributed by atoms with Gasteiger partial charge in [0.1, 0.15) is 12.2 Å². The second-order valence-corrected chi connectivity index (χ2v) is 10.5. The van der Waals surface area contributed by atoms with Crippen LogP contribution >= 0.6 is 0 Å². The molecule has 39 heavy (non-hydrogen) atoms. The number of carbonyl (C=O) groups excluding carboxylic acids is 2. The summed E-state index contributed by atoms with van der Waals surface area (Å²) >= 11 is 0. The van der Waals surface area contributed by atoms with Crippen LogP contribution in [0, 0.1) is 0 Å². The van der Waals surface area contributed by atoms with Gasteiger partial charge in [0.05, 0.1) is 6.04 Å². The number of hydrogen-bond acceptors (Lipinski definition) is 8. The molecule has 4 N–H and O–H groups in total. The molecular weight excluding hydrogens is 498 g/mol. The molecule has 1 aromatic heterocycles. The molecule has 2 amide bonds. The van der Waals surface area contributed by atoms with Crippen LogP contribution < -0.4 is 16.0 Å². The Morgan fingerprint density at radius 1 is 0.923 bits per heavy atom. The van der Waals surface area contributed by atoms with Crippen molar-refractivity contribution < 1.29 is 19.1 Å². The van der Waals surface area contributed by atoms with Crippen molar-refractivity contribution in [1.82, 2.24) is 36.6 Å². The van der Waals surface area contributed by atoms with E-state index in [9.17, 15) is 9.59 Å². The van der Waals surface area contributed by atoms with E-state index in [0.717, 1.165) is 19.3 Å². The number of H-pyrrole nitrogens is 1. The first-order valence-electron chi connectivity index (χ1n) is 13.3. The number of alkyl carbamates (subject to hydrolysis) is 2. The zero-order valence-corrected chi connectivity index (χ0v) is 22.7. The zero-order chi connectivity index (χ0) is 27.7. The van der Waals surface area contributed by atoms with Crippen LogP contribution in [0.2, 0.25) is 0 Å². The van der Waals surface area contributed by atoms with Crippen molar-refractivity contribution in [1.29, 1.82) is 0 Å². The molecule has 1 atom stereocenters. The van der Waals surface area contributed by atoms with Gasteiger partial charge in [0.25, 0.3) is 0 Å². The van der Waals surface area contributed by atoms with E-state index in [2.05, 4.69) is 60.8 Å². The highest BCUT2D eigenvalue weighted by Gasteiger charge is 2.29. The molecule has 0 saturated heterocycles. The number of aromatic nitrogens is 4. The lowest BCUT2D eigenvalue weighted by atomic mass is 9.98. The Labute approximate surface area is 228 Å². The number of hydrogen-bond donors (Lipinski definition) is 4. The largest absolute Gasteiger partial charge is 0.449 e. The molecule has 4 rings (SSSR count). The van der Waals surface area contributed by atoms with Crippen LogP contribution in [0.3, 0.4) is 0 Å². The van der Waals surface area contributed by atoms with Gasteiger partial charge < -0.3 is 25.4 Å². The number of benzene rings is 2. The topological polar surface area (TPSA) is 143 Å². The monoisotopic (exact) mass is 535 g/mol. The van der Waals surface area contributed by atoms with Crippen LogP contribution in [0.25, 0.3) is 11.1 Å². The fraction of sp³-hybridized carbons (Fsp3) is 0.464. The summed E-state index contributed by atoms with van der Waals surface area (Å²) in [7, 11) is 0. The van der Waals surface area contributed by atoms with Crippen molar-refractivity contribution in [2.24, 2.45) is 0 Å². The number of fused-ring (bicyclic) bond motifs is 3. The highest BCUT2D eigenvalue weighted by Crippen LogP contribution is 2.44. The van der Waals surface area contributed by atoms with Crippen LogP contribution in [0.4, 0.5) is 9.59 Å². The normalized spacial score (nSPS) is 13.3. The maximum Gasteiger partial charge on any atom is 0.407 e. The van der Waals surface area contributed by atoms with Gasteiger partial charge in [0.2, 0.25) is 0 Å². The average Bonchev–Trinajstić information content (AvgIpc) is 3.54. The third kappa shape index (κ3) is 8.00. The summed E-state index contributed by atoms with van der Waals surface area (Å²) in [4.78, 5) is 24.2. The van der Waals surface area contributed by atoms with Gasteiger partial charge in [-0.3, -0.25) is 0 Å². The van der Waals surface area contributed by atoms with E-state index in [1.54, 1.807) is 0 Å². The van der Waals surface area contributed by atoms with Gasteiger partial charge in [-0.25, -0.2) is 9.59 Å². The summed E-state index contributed by atoms with van der Waals surface area (Å²) < 4.78 is 10.8. The number of amides is 2. The maximum absolute atomic E-state index is 12.4. The standard InChI is InChI=1S/C28H37N7O4/c1-28(2,3)39-27(37)30-15-9-8-14-24(25-32-34-35-33-25)29-16-17-31-26(36)38-18-23-21-12-6-4-10-19(21)20-11-5-7-13-22(20)23/h4-7,10-13,23-24,29H,8-9,14-18H2,1-3H3,(H,30,37)(H,31,36)(H,32,33,34,35)/t24-/m0/s1. The molecular formula is C28H37N7O4. The van der Waals surface area contributed by atoms with Crippen LogP contribution in [0.15, 0.2) is 48.5 Å². The third-order valence-electron chi connectivity index (χ3n) is 6.39. The molecule has 11 nitrogen and oxygen atoms in total. The Balaban J connectivity index is 1.17. The molecule has 0 radical (unpaired) electrons. The molecule has 0 unspecified atom stereocenters. The molecule has 0 fully saturated rings. The molecule has 0 aliphatic heterocycles. The highest BCUT2D eigenvalue weighted by molar-refractivity contribution is 5.79. The molecule has 2 aromatic carbocycles. The SMILES string of the molecule is CC(C)(C)OC(=O)NCCCC[C@H](NCCNC(=O)OCC1c2ccccc2-c2ccccc21)c1nn[nH]n1. The lowest BCUT2D eigenvalue weighted by molar-refractivity contribution is 0.0526. The number of nitrogens with zero attached hydrogens (tertiary/aromatic N) is 3. The smallest absolute Gasteiger partial charge is 0.407 e. The van der Waals surface area contributed by atoms with E-state index in [0.29, 0.717) is 25.5 Å². The fourth-order valence-corrected chi connectivity index (χ4v) is 4.68. The molecule has 208 valence electrons. The molecule has 11 heteroatoms. The van der Waals surface area contributed by atoms with Gasteiger partial charge in [0.15, 0.2) is 5.82 Å². The fourth-order valence-electron chi connectivity index (χ4n) is 4.68. The van der Waals surface area contributed by atoms with Crippen molar-refractivity contribution >= 4 is 12.2 Å². The molecule has 0 saturated carbocycles. The van der Waals surface area contributed by atoms with Crippen molar-refractivity contribution in [3.05, 3.63) is 65.5 Å². The first-order chi connectivity index (χ1) is 18.8. The second kappa shape index (κ2) is 13.2. The first-order valence-corrected chi connectivity index (χ1v) is 13.3. The Bertz CT molecular complexity index is 1180. The number of tetrazole rings is 1. The van der Waals surface area contributed by atoms with Crippen LogP contribution in [0.5, 0.6) is 0 Å². The van der Waals surface area contributed by atoms with Gasteiger partial charge in [-0.15, -0.1) is 10.2 Å². The van der Waals surface area contributed by atoms with E-state index in [1.165, 1.54) is 22.3 Å². The summed E-state index contributed by atoms with van der Waals surface area (Å²) in [5, 5.41) is 23.3. The van der Waals surface area contributed by atoms with Gasteiger partial charge in [0, 0.05) is 25.6 Å². The molecule has 0 spiro atoms. The number of aromatic amines is 1. The number of ether oxygens (including phenoxy) is 2. The highest BCUT2D eigenvalue weighted by atomic mass is 16.6. The van der Waals surface area contributed by atoms with E-state index in [1.807, 2.05) is 45.0 Å². The van der Waals surface area contributed by atoms with E-state index < -0.39 is 17.8 Å². The predicted molar refractivity (Wildman–Crippen MR) is 146 cm³/mol. The van der Waals surface area contributed by atoms with Crippen molar-refractivity contribution in [3.63, 3.8) is 0 Å². The lowest BCUT2D eigenvalue weighted by Gasteiger charge is -2.20. The van der Waals surface area contributed by atoms with E-state index in [4.69, 9.17) is 9.47 Å². The Morgan fingerprint density at radius 2 is 1.59 bits per heavy atom. The number of rotatable bonds is 12. The number of carbonyl (C=O) groups is 2. The number of nitrogens with one attached hydrogen (secondary N) is 4. The Morgan fingerprint density at radius 3 is 2.23 bits per heavy atom. The maximum atomic E-state index is 12.4. The van der Waals surface area contributed by atoms with Gasteiger partial charge in [-0.1, -0.05) is 53.7 Å². The molecule has 3 aromatic rings. The minimum atomic E-state index is -0.522. The van der Waals surface area contributed by atoms with Gasteiger partial charge in [-0.05, 0) is 62.3 Å². The predicted octanol–water partition coefficient (Wildman–Crippen LogP) is 4.06. The minimum absolute atomic E-state index is 0.0219. The number of unbranched alkanes of at least 4 members (excludes halogenated alkanes) is 1. The first kappa shape index (κ1) is 28.0. The summed E-state index contributed by atoms with van der Waals surface area (Å²) in [6, 6.07) is 16.4. The van der Waals surface area contributed by atoms with Crippen molar-refractivity contribution in [2.75, 3.05) is 26.2 Å². The average molecular weight is 536 g/mol. The van der Waals surface area contributed by atoms with Crippen LogP contribution in [0.1, 0.15) is 68.9 Å². The summed E-state index contributed by atoms with van der Waals surface area (Å²) in [5.41, 5.74) is 4.22. The van der Waals surface area contributed by atoms with E-state index in [-0.39, 0.29) is 18.6 Å². The van der Waals surface area contributed by atoms with Crippen molar-refractivity contribution in [3.8, 4) is 11.1 Å². The second-order valence-electron chi connectivity index (χ2n) is 10.5. The summed E-state index contributed by atoms with van der Waals surface area (Å²) in [5.74, 6) is 0.574. The quantitative estimate of drug-likeness (QED) is 0.254. The Hall–Kier alpha value is -3.99. The molecule has 1 aliphatic rings. The van der Waals surface area contributed by atoms with Gasteiger partial charge in [-0.2, -0.15) is 5.21 Å². The molecule has 1 aliphatic carbocycles. The zero-order valence-electron chi connectivity index (χ0n) is 22.7. The lowest BCUT2D eigenvalue weighted by Crippen LogP contribution is -2.35. The van der Waals surface area contributed by atoms with E-state index >= 15 is 0 Å².